The number of hydrogen-bond donors (Lipinski definition) is 0. The van der Waals surface area contributed by atoms with Gasteiger partial charge in [0.05, 0.1) is 0 Å². The van der Waals surface area contributed by atoms with Gasteiger partial charge in [-0.2, -0.15) is 0 Å². The van der Waals surface area contributed by atoms with Crippen molar-refractivity contribution in [3.63, 3.8) is 0 Å². The largest absolute Gasteiger partial charge is 0.244 e. The number of hydrogen-bond acceptors (Lipinski definition) is 0. The van der Waals surface area contributed by atoms with Crippen molar-refractivity contribution in [1.29, 1.82) is 0 Å². The van der Waals surface area contributed by atoms with Crippen molar-refractivity contribution in [3.8, 4) is 0 Å². The Morgan fingerprint density at radius 1 is 0.529 bits per heavy atom. The summed E-state index contributed by atoms with van der Waals surface area (Å²) in [5.41, 5.74) is 5.32. The molecule has 4 heteroatoms. The molecule has 0 aliphatic rings. The Morgan fingerprint density at radius 3 is 1.32 bits per heavy atom. The van der Waals surface area contributed by atoms with Gasteiger partial charge in [-0.15, -0.1) is 0 Å². The highest BCUT2D eigenvalue weighted by atomic mass is 15.1. The van der Waals surface area contributed by atoms with Crippen LogP contribution in [0.15, 0.2) is 122 Å². The fourth-order valence-electron chi connectivity index (χ4n) is 4.10. The number of nitrogens with zero attached hydrogens (tertiary/aromatic N) is 4. The van der Waals surface area contributed by atoms with Crippen LogP contribution < -0.4 is 9.13 Å². The summed E-state index contributed by atoms with van der Waals surface area (Å²) < 4.78 is 8.98. The van der Waals surface area contributed by atoms with Gasteiger partial charge in [0.15, 0.2) is 0 Å². The average Bonchev–Trinajstić information content (AvgIpc) is 3.52. The molecule has 0 atom stereocenters. The molecule has 5 aromatic rings. The van der Waals surface area contributed by atoms with Gasteiger partial charge in [-0.05, 0) is 11.1 Å². The maximum Gasteiger partial charge on any atom is 0.244 e. The van der Waals surface area contributed by atoms with Crippen LogP contribution in [0, 0.1) is 0 Å². The molecule has 2 aromatic heterocycles. The maximum atomic E-state index is 2.26. The molecule has 0 bridgehead atoms. The predicted molar refractivity (Wildman–Crippen MR) is 136 cm³/mol. The second-order valence-corrected chi connectivity index (χ2v) is 8.26. The smallest absolute Gasteiger partial charge is 0.233 e. The average molecular weight is 451 g/mol. The lowest BCUT2D eigenvalue weighted by molar-refractivity contribution is -0.688. The molecule has 0 saturated carbocycles. The van der Waals surface area contributed by atoms with Crippen molar-refractivity contribution in [2.45, 2.75) is 40.0 Å². The molecule has 0 unspecified atom stereocenters. The predicted octanol–water partition coefficient (Wildman–Crippen LogP) is 5.08. The number of rotatable bonds is 8. The normalized spacial score (nSPS) is 10.5. The fourth-order valence-corrected chi connectivity index (χ4v) is 4.10. The molecular weight excluding hydrogens is 416 g/mol. The van der Waals surface area contributed by atoms with E-state index in [0.717, 1.165) is 26.2 Å². The third kappa shape index (κ3) is 6.32. The van der Waals surface area contributed by atoms with E-state index in [9.17, 15) is 0 Å². The first-order valence-corrected chi connectivity index (χ1v) is 12.1. The second kappa shape index (κ2) is 11.8. The van der Waals surface area contributed by atoms with Crippen LogP contribution in [0.2, 0.25) is 0 Å². The molecule has 0 aliphatic heterocycles. The standard InChI is InChI=1S/C28H28N4.C2H6/c1-3-9-25(10-4-1)19-29-15-17-31(23-29)21-27-13-7-8-14-28(27)22-32-18-16-30(24-32)20-26-11-5-2-6-12-26;1-2/h1-18,23-24H,19-22H2;1-2H3/q+2;. The quantitative estimate of drug-likeness (QED) is 0.293. The van der Waals surface area contributed by atoms with E-state index in [0.29, 0.717) is 0 Å². The number of imidazole rings is 2. The van der Waals surface area contributed by atoms with Gasteiger partial charge in [0.1, 0.15) is 51.0 Å². The summed E-state index contributed by atoms with van der Waals surface area (Å²) in [6.07, 6.45) is 13.0. The SMILES string of the molecule is CC.c1ccc(C[n+]2ccn(Cc3ccccc3Cn3cc[n+](Cc4ccccc4)c3)c2)cc1. The highest BCUT2D eigenvalue weighted by Gasteiger charge is 2.12. The third-order valence-electron chi connectivity index (χ3n) is 5.73. The lowest BCUT2D eigenvalue weighted by Gasteiger charge is -2.06. The molecule has 0 N–H and O–H groups in total. The highest BCUT2D eigenvalue weighted by Crippen LogP contribution is 2.12. The van der Waals surface area contributed by atoms with Crippen molar-refractivity contribution >= 4 is 0 Å². The minimum absolute atomic E-state index is 0.864. The van der Waals surface area contributed by atoms with Gasteiger partial charge in [-0.25, -0.2) is 18.3 Å². The Kier molecular flexibility index (Phi) is 8.07. The fraction of sp³-hybridized carbons (Fsp3) is 0.200. The molecule has 3 aromatic carbocycles. The zero-order valence-corrected chi connectivity index (χ0v) is 20.2. The molecule has 2 heterocycles. The second-order valence-electron chi connectivity index (χ2n) is 8.26. The zero-order valence-electron chi connectivity index (χ0n) is 20.2. The summed E-state index contributed by atoms with van der Waals surface area (Å²) in [5.74, 6) is 0. The molecule has 0 saturated heterocycles. The Balaban J connectivity index is 0.00000133. The minimum Gasteiger partial charge on any atom is -0.233 e. The van der Waals surface area contributed by atoms with E-state index in [1.54, 1.807) is 0 Å². The minimum atomic E-state index is 0.864. The molecule has 0 amide bonds. The molecule has 172 valence electrons. The molecule has 5 rings (SSSR count). The van der Waals surface area contributed by atoms with Crippen LogP contribution >= 0.6 is 0 Å². The lowest BCUT2D eigenvalue weighted by atomic mass is 10.1. The van der Waals surface area contributed by atoms with Gasteiger partial charge in [0, 0.05) is 11.1 Å². The van der Waals surface area contributed by atoms with Gasteiger partial charge in [-0.1, -0.05) is 98.8 Å². The zero-order chi connectivity index (χ0) is 23.6. The Bertz CT molecular complexity index is 1170. The van der Waals surface area contributed by atoms with E-state index in [2.05, 4.69) is 141 Å². The first kappa shape index (κ1) is 23.2. The van der Waals surface area contributed by atoms with Crippen LogP contribution in [0.1, 0.15) is 36.1 Å². The van der Waals surface area contributed by atoms with Crippen molar-refractivity contribution in [3.05, 3.63) is 145 Å². The number of aromatic nitrogens is 4. The monoisotopic (exact) mass is 450 g/mol. The van der Waals surface area contributed by atoms with E-state index < -0.39 is 0 Å². The highest BCUT2D eigenvalue weighted by molar-refractivity contribution is 5.27. The molecule has 0 fully saturated rings. The summed E-state index contributed by atoms with van der Waals surface area (Å²) >= 11 is 0. The van der Waals surface area contributed by atoms with Crippen molar-refractivity contribution < 1.29 is 9.13 Å². The summed E-state index contributed by atoms with van der Waals surface area (Å²) in [6, 6.07) is 29.9. The molecule has 4 nitrogen and oxygen atoms in total. The van der Waals surface area contributed by atoms with Crippen LogP contribution in [-0.2, 0) is 26.2 Å². The van der Waals surface area contributed by atoms with E-state index in [1.807, 2.05) is 13.8 Å². The molecular formula is C30H34N4+2. The van der Waals surface area contributed by atoms with Gasteiger partial charge >= 0.3 is 0 Å². The maximum absolute atomic E-state index is 2.26. The van der Waals surface area contributed by atoms with Crippen molar-refractivity contribution in [2.24, 2.45) is 0 Å². The summed E-state index contributed by atoms with van der Waals surface area (Å²) in [4.78, 5) is 0. The van der Waals surface area contributed by atoms with Gasteiger partial charge in [-0.3, -0.25) is 0 Å². The van der Waals surface area contributed by atoms with Gasteiger partial charge < -0.3 is 0 Å². The lowest BCUT2D eigenvalue weighted by Crippen LogP contribution is -2.31. The van der Waals surface area contributed by atoms with Gasteiger partial charge in [0.2, 0.25) is 12.7 Å². The summed E-state index contributed by atoms with van der Waals surface area (Å²) in [5, 5.41) is 0. The van der Waals surface area contributed by atoms with Crippen molar-refractivity contribution in [2.75, 3.05) is 0 Å². The molecule has 0 aliphatic carbocycles. The van der Waals surface area contributed by atoms with Gasteiger partial charge in [0.25, 0.3) is 0 Å². The summed E-state index contributed by atoms with van der Waals surface area (Å²) in [7, 11) is 0. The Labute approximate surface area is 203 Å². The molecule has 34 heavy (non-hydrogen) atoms. The van der Waals surface area contributed by atoms with Crippen LogP contribution in [0.5, 0.6) is 0 Å². The van der Waals surface area contributed by atoms with E-state index in [1.165, 1.54) is 22.3 Å². The van der Waals surface area contributed by atoms with E-state index >= 15 is 0 Å². The molecule has 0 radical (unpaired) electrons. The van der Waals surface area contributed by atoms with E-state index in [4.69, 9.17) is 0 Å². The topological polar surface area (TPSA) is 17.6 Å². The van der Waals surface area contributed by atoms with E-state index in [-0.39, 0.29) is 0 Å². The van der Waals surface area contributed by atoms with Crippen LogP contribution in [0.3, 0.4) is 0 Å². The first-order valence-electron chi connectivity index (χ1n) is 12.1. The number of benzene rings is 3. The Morgan fingerprint density at radius 2 is 0.912 bits per heavy atom. The summed E-state index contributed by atoms with van der Waals surface area (Å²) in [6.45, 7) is 7.51. The first-order chi connectivity index (χ1) is 16.8. The van der Waals surface area contributed by atoms with Crippen LogP contribution in [-0.4, -0.2) is 9.13 Å². The van der Waals surface area contributed by atoms with Crippen LogP contribution in [0.4, 0.5) is 0 Å². The third-order valence-corrected chi connectivity index (χ3v) is 5.73. The molecule has 0 spiro atoms. The van der Waals surface area contributed by atoms with Crippen LogP contribution in [0.25, 0.3) is 0 Å². The van der Waals surface area contributed by atoms with Crippen molar-refractivity contribution in [1.82, 2.24) is 9.13 Å². The Hall–Kier alpha value is -3.92.